The van der Waals surface area contributed by atoms with Crippen LogP contribution in [0.1, 0.15) is 58.4 Å². The fourth-order valence-electron chi connectivity index (χ4n) is 5.75. The van der Waals surface area contributed by atoms with E-state index >= 15 is 0 Å². The molecule has 0 saturated carbocycles. The van der Waals surface area contributed by atoms with Crippen LogP contribution in [-0.2, 0) is 12.7 Å². The second-order valence-corrected chi connectivity index (χ2v) is 10.2. The molecule has 1 amide bonds. The summed E-state index contributed by atoms with van der Waals surface area (Å²) in [5.74, 6) is 0.684. The molecule has 2 aliphatic rings. The van der Waals surface area contributed by atoms with Gasteiger partial charge in [-0.1, -0.05) is 6.07 Å². The van der Waals surface area contributed by atoms with Gasteiger partial charge in [0.05, 0.1) is 12.2 Å². The summed E-state index contributed by atoms with van der Waals surface area (Å²) in [7, 11) is 0. The van der Waals surface area contributed by atoms with Gasteiger partial charge in [-0.05, 0) is 74.2 Å². The topological polar surface area (TPSA) is 63.5 Å². The number of carbonyl (C=O) groups is 1. The van der Waals surface area contributed by atoms with E-state index in [9.17, 15) is 18.0 Å². The van der Waals surface area contributed by atoms with E-state index in [-0.39, 0.29) is 24.0 Å². The summed E-state index contributed by atoms with van der Waals surface area (Å²) in [6, 6.07) is 9.15. The highest BCUT2D eigenvalue weighted by Crippen LogP contribution is 2.40. The van der Waals surface area contributed by atoms with E-state index in [1.807, 2.05) is 11.0 Å². The zero-order valence-electron chi connectivity index (χ0n) is 21.8. The number of nitrogens with zero attached hydrogens (tertiary/aromatic N) is 5. The minimum Gasteiger partial charge on any atom is -0.493 e. The average Bonchev–Trinajstić information content (AvgIpc) is 3.66. The van der Waals surface area contributed by atoms with Crippen LogP contribution in [-0.4, -0.2) is 62.3 Å². The van der Waals surface area contributed by atoms with Crippen molar-refractivity contribution < 1.29 is 22.7 Å². The number of ether oxygens (including phenoxy) is 1. The van der Waals surface area contributed by atoms with Gasteiger partial charge in [0.25, 0.3) is 5.91 Å². The van der Waals surface area contributed by atoms with Gasteiger partial charge in [0.1, 0.15) is 18.4 Å². The highest BCUT2D eigenvalue weighted by atomic mass is 19.4. The molecule has 1 aromatic heterocycles. The average molecular weight is 528 g/mol. The van der Waals surface area contributed by atoms with Gasteiger partial charge >= 0.3 is 6.18 Å². The first-order chi connectivity index (χ1) is 18.1. The number of fused-ring (bicyclic) bond motifs is 2. The van der Waals surface area contributed by atoms with Crippen molar-refractivity contribution in [2.75, 3.05) is 19.7 Å². The summed E-state index contributed by atoms with van der Waals surface area (Å²) >= 11 is 0. The molecule has 0 unspecified atom stereocenters. The molecule has 2 aromatic carbocycles. The third-order valence-corrected chi connectivity index (χ3v) is 7.99. The van der Waals surface area contributed by atoms with Gasteiger partial charge in [0.2, 0.25) is 0 Å². The number of likely N-dealkylation sites (tertiary alicyclic amines) is 2. The highest BCUT2D eigenvalue weighted by Gasteiger charge is 2.47. The summed E-state index contributed by atoms with van der Waals surface area (Å²) in [4.78, 5) is 21.3. The smallest absolute Gasteiger partial charge is 0.416 e. The van der Waals surface area contributed by atoms with Crippen molar-refractivity contribution in [2.24, 2.45) is 0 Å². The molecule has 0 N–H and O–H groups in total. The Balaban J connectivity index is 1.19. The third kappa shape index (κ3) is 5.14. The van der Waals surface area contributed by atoms with E-state index < -0.39 is 11.7 Å². The lowest BCUT2D eigenvalue weighted by atomic mass is 9.96. The molecule has 3 atom stereocenters. The lowest BCUT2D eigenvalue weighted by molar-refractivity contribution is -0.137. The summed E-state index contributed by atoms with van der Waals surface area (Å²) in [6.07, 6.45) is 0.514. The van der Waals surface area contributed by atoms with Crippen molar-refractivity contribution >= 4 is 5.91 Å². The lowest BCUT2D eigenvalue weighted by Crippen LogP contribution is -2.49. The molecule has 10 heteroatoms. The second-order valence-electron chi connectivity index (χ2n) is 10.2. The van der Waals surface area contributed by atoms with E-state index in [0.29, 0.717) is 18.7 Å². The van der Waals surface area contributed by atoms with E-state index in [2.05, 4.69) is 41.8 Å². The molecular formula is C28H32F3N5O2. The molecule has 0 aliphatic carbocycles. The Bertz CT molecular complexity index is 1280. The fraction of sp³-hybridized carbons (Fsp3) is 0.464. The van der Waals surface area contributed by atoms with E-state index in [4.69, 9.17) is 4.74 Å². The summed E-state index contributed by atoms with van der Waals surface area (Å²) in [6.45, 7) is 9.08. The molecule has 7 nitrogen and oxygen atoms in total. The Labute approximate surface area is 220 Å². The molecule has 38 heavy (non-hydrogen) atoms. The maximum atomic E-state index is 13.1. The highest BCUT2D eigenvalue weighted by molar-refractivity contribution is 5.94. The minimum atomic E-state index is -4.41. The van der Waals surface area contributed by atoms with Gasteiger partial charge in [-0.25, -0.2) is 4.98 Å². The number of aryl methyl sites for hydroxylation is 1. The number of piperazine rings is 1. The molecule has 2 aliphatic heterocycles. The Morgan fingerprint density at radius 2 is 1.84 bits per heavy atom. The van der Waals surface area contributed by atoms with Crippen LogP contribution in [0.3, 0.4) is 0 Å². The first kappa shape index (κ1) is 26.2. The van der Waals surface area contributed by atoms with Crippen molar-refractivity contribution in [3.05, 3.63) is 76.9 Å². The van der Waals surface area contributed by atoms with Crippen LogP contribution < -0.4 is 4.74 Å². The summed E-state index contributed by atoms with van der Waals surface area (Å²) < 4.78 is 46.5. The molecule has 2 saturated heterocycles. The van der Waals surface area contributed by atoms with Crippen molar-refractivity contribution in [3.63, 3.8) is 0 Å². The number of carbonyl (C=O) groups excluding carboxylic acids is 1. The predicted octanol–water partition coefficient (Wildman–Crippen LogP) is 5.04. The number of benzene rings is 2. The predicted molar refractivity (Wildman–Crippen MR) is 136 cm³/mol. The number of hydrogen-bond acceptors (Lipinski definition) is 5. The lowest BCUT2D eigenvalue weighted by Gasteiger charge is -2.38. The van der Waals surface area contributed by atoms with Crippen molar-refractivity contribution in [2.45, 2.75) is 64.5 Å². The number of alkyl halides is 3. The Hall–Kier alpha value is -3.40. The maximum absolute atomic E-state index is 13.1. The standard InChI is InChI=1S/C28H32F3N5O2/c1-18-19(2)26(38-12-4-11-34-17-32-16-33-34)10-9-25(18)20(3)35-14-24-13-23(35)15-36(24)27(37)21-5-7-22(8-6-21)28(29,30)31/h5-10,16-17,20,23-24H,4,11-15H2,1-3H3/t20-,23+,24+/m0/s1. The molecule has 0 spiro atoms. The van der Waals surface area contributed by atoms with E-state index in [1.54, 1.807) is 11.0 Å². The number of amides is 1. The van der Waals surface area contributed by atoms with Crippen LogP contribution in [0.5, 0.6) is 5.75 Å². The number of aromatic nitrogens is 3. The molecule has 2 bridgehead atoms. The zero-order valence-corrected chi connectivity index (χ0v) is 21.8. The quantitative estimate of drug-likeness (QED) is 0.384. The van der Waals surface area contributed by atoms with Crippen LogP contribution >= 0.6 is 0 Å². The number of halogens is 3. The van der Waals surface area contributed by atoms with E-state index in [1.165, 1.54) is 29.6 Å². The normalized spacial score (nSPS) is 20.2. The van der Waals surface area contributed by atoms with Gasteiger partial charge < -0.3 is 9.64 Å². The van der Waals surface area contributed by atoms with Crippen LogP contribution in [0.15, 0.2) is 49.1 Å². The molecule has 5 rings (SSSR count). The van der Waals surface area contributed by atoms with Gasteiger partial charge in [-0.2, -0.15) is 18.3 Å². The van der Waals surface area contributed by atoms with Crippen molar-refractivity contribution in [3.8, 4) is 5.75 Å². The molecule has 202 valence electrons. The number of hydrogen-bond donors (Lipinski definition) is 0. The Morgan fingerprint density at radius 1 is 1.08 bits per heavy atom. The van der Waals surface area contributed by atoms with Gasteiger partial charge in [-0.3, -0.25) is 14.4 Å². The fourth-order valence-corrected chi connectivity index (χ4v) is 5.75. The largest absolute Gasteiger partial charge is 0.493 e. The summed E-state index contributed by atoms with van der Waals surface area (Å²) in [5.41, 5.74) is 3.12. The zero-order chi connectivity index (χ0) is 27.0. The van der Waals surface area contributed by atoms with Crippen LogP contribution in [0, 0.1) is 13.8 Å². The first-order valence-corrected chi connectivity index (χ1v) is 12.9. The molecule has 3 aromatic rings. The Morgan fingerprint density at radius 3 is 2.47 bits per heavy atom. The monoisotopic (exact) mass is 527 g/mol. The molecule has 0 radical (unpaired) electrons. The SMILES string of the molecule is Cc1c(OCCCn2cncn2)ccc([C@H](C)N2C[C@H]3C[C@@H]2CN3C(=O)c2ccc(C(F)(F)F)cc2)c1C. The second kappa shape index (κ2) is 10.4. The van der Waals surface area contributed by atoms with Gasteiger partial charge in [0, 0.05) is 49.7 Å². The summed E-state index contributed by atoms with van der Waals surface area (Å²) in [5, 5.41) is 4.10. The van der Waals surface area contributed by atoms with E-state index in [0.717, 1.165) is 49.4 Å². The maximum Gasteiger partial charge on any atom is 0.416 e. The van der Waals surface area contributed by atoms with Crippen LogP contribution in [0.25, 0.3) is 0 Å². The number of rotatable bonds is 8. The van der Waals surface area contributed by atoms with Gasteiger partial charge in [-0.15, -0.1) is 0 Å². The van der Waals surface area contributed by atoms with Gasteiger partial charge in [0.15, 0.2) is 0 Å². The van der Waals surface area contributed by atoms with Crippen molar-refractivity contribution in [1.29, 1.82) is 0 Å². The third-order valence-electron chi connectivity index (χ3n) is 7.99. The molecule has 2 fully saturated rings. The molecule has 3 heterocycles. The molecular weight excluding hydrogens is 495 g/mol. The van der Waals surface area contributed by atoms with Crippen LogP contribution in [0.2, 0.25) is 0 Å². The van der Waals surface area contributed by atoms with Crippen molar-refractivity contribution in [1.82, 2.24) is 24.6 Å². The first-order valence-electron chi connectivity index (χ1n) is 12.9. The minimum absolute atomic E-state index is 0.0613. The Kier molecular flexibility index (Phi) is 7.17. The van der Waals surface area contributed by atoms with Crippen LogP contribution in [0.4, 0.5) is 13.2 Å².